The highest BCUT2D eigenvalue weighted by Crippen LogP contribution is 1.99. The minimum atomic E-state index is -0.676. The van der Waals surface area contributed by atoms with E-state index in [-0.39, 0.29) is 5.91 Å². The molecule has 2 amide bonds. The van der Waals surface area contributed by atoms with Crippen LogP contribution in [-0.4, -0.2) is 18.9 Å². The van der Waals surface area contributed by atoms with Crippen LogP contribution in [0, 0.1) is 5.92 Å². The van der Waals surface area contributed by atoms with Crippen molar-refractivity contribution in [3.8, 4) is 0 Å². The first-order valence-corrected chi connectivity index (χ1v) is 3.14. The summed E-state index contributed by atoms with van der Waals surface area (Å²) in [6.07, 6.45) is 0.453. The van der Waals surface area contributed by atoms with Crippen LogP contribution in [-0.2, 0) is 9.59 Å². The highest BCUT2D eigenvalue weighted by molar-refractivity contribution is 5.99. The lowest BCUT2D eigenvalue weighted by Crippen LogP contribution is -2.36. The van der Waals surface area contributed by atoms with Crippen molar-refractivity contribution in [1.29, 1.82) is 0 Å². The zero-order valence-corrected chi connectivity index (χ0v) is 6.18. The Bertz CT molecular complexity index is 145. The van der Waals surface area contributed by atoms with Crippen LogP contribution in [0.3, 0.4) is 0 Å². The Labute approximate surface area is 59.8 Å². The second-order valence-corrected chi connectivity index (χ2v) is 1.98. The fourth-order valence-corrected chi connectivity index (χ4v) is 0.690. The molecule has 10 heavy (non-hydrogen) atoms. The van der Waals surface area contributed by atoms with Gasteiger partial charge >= 0.3 is 0 Å². The maximum absolute atomic E-state index is 10.8. The zero-order chi connectivity index (χ0) is 8.15. The van der Waals surface area contributed by atoms with Crippen LogP contribution in [0.25, 0.3) is 0 Å². The second-order valence-electron chi connectivity index (χ2n) is 1.98. The van der Waals surface area contributed by atoms with Crippen molar-refractivity contribution in [2.45, 2.75) is 13.3 Å². The van der Waals surface area contributed by atoms with E-state index in [0.29, 0.717) is 6.42 Å². The number of hydrogen-bond acceptors (Lipinski definition) is 2. The van der Waals surface area contributed by atoms with Crippen LogP contribution < -0.4 is 11.1 Å². The lowest BCUT2D eigenvalue weighted by molar-refractivity contribution is -0.133. The molecule has 4 nitrogen and oxygen atoms in total. The molecule has 0 saturated heterocycles. The number of hydrogen-bond donors (Lipinski definition) is 2. The highest BCUT2D eigenvalue weighted by atomic mass is 16.2. The predicted molar refractivity (Wildman–Crippen MR) is 37.0 cm³/mol. The Morgan fingerprint density at radius 1 is 1.60 bits per heavy atom. The van der Waals surface area contributed by atoms with Crippen LogP contribution in [0.15, 0.2) is 0 Å². The number of nitrogens with two attached hydrogens (primary N) is 1. The van der Waals surface area contributed by atoms with Gasteiger partial charge in [-0.2, -0.15) is 0 Å². The van der Waals surface area contributed by atoms with E-state index >= 15 is 0 Å². The summed E-state index contributed by atoms with van der Waals surface area (Å²) in [6.45, 7) is 1.74. The zero-order valence-electron chi connectivity index (χ0n) is 6.18. The molecule has 0 unspecified atom stereocenters. The quantitative estimate of drug-likeness (QED) is 0.511. The maximum atomic E-state index is 10.8. The molecule has 0 fully saturated rings. The van der Waals surface area contributed by atoms with Crippen molar-refractivity contribution in [1.82, 2.24) is 5.32 Å². The smallest absolute Gasteiger partial charge is 0.232 e. The number of nitrogens with one attached hydrogen (secondary N) is 1. The molecule has 58 valence electrons. The second kappa shape index (κ2) is 3.87. The van der Waals surface area contributed by atoms with E-state index in [1.807, 2.05) is 0 Å². The third-order valence-electron chi connectivity index (χ3n) is 1.31. The third kappa shape index (κ3) is 2.05. The molecule has 1 atom stereocenters. The van der Waals surface area contributed by atoms with Gasteiger partial charge in [-0.1, -0.05) is 6.92 Å². The van der Waals surface area contributed by atoms with E-state index in [4.69, 9.17) is 5.73 Å². The fraction of sp³-hybridized carbons (Fsp3) is 0.667. The SMILES string of the molecule is CC[C@@H](C(N)=O)C(=O)NC. The summed E-state index contributed by atoms with van der Waals surface area (Å²) in [4.78, 5) is 21.3. The van der Waals surface area contributed by atoms with Gasteiger partial charge in [-0.15, -0.1) is 0 Å². The van der Waals surface area contributed by atoms with E-state index in [1.165, 1.54) is 7.05 Å². The van der Waals surface area contributed by atoms with Crippen LogP contribution >= 0.6 is 0 Å². The van der Waals surface area contributed by atoms with Crippen LogP contribution in [0.5, 0.6) is 0 Å². The molecule has 0 aliphatic rings. The van der Waals surface area contributed by atoms with Gasteiger partial charge in [0.2, 0.25) is 11.8 Å². The van der Waals surface area contributed by atoms with Gasteiger partial charge in [0.15, 0.2) is 0 Å². The van der Waals surface area contributed by atoms with Crippen molar-refractivity contribution in [3.05, 3.63) is 0 Å². The van der Waals surface area contributed by atoms with Crippen LogP contribution in [0.2, 0.25) is 0 Å². The normalized spacial score (nSPS) is 12.2. The molecule has 0 bridgehead atoms. The molecule has 0 aromatic rings. The molecule has 0 aliphatic carbocycles. The molecule has 0 rings (SSSR count). The Morgan fingerprint density at radius 2 is 2.10 bits per heavy atom. The monoisotopic (exact) mass is 144 g/mol. The molecular formula is C6H12N2O2. The number of carbonyl (C=O) groups is 2. The van der Waals surface area contributed by atoms with E-state index < -0.39 is 11.8 Å². The summed E-state index contributed by atoms with van der Waals surface area (Å²) in [5.41, 5.74) is 4.92. The Balaban J connectivity index is 4.06. The molecule has 0 aliphatic heterocycles. The van der Waals surface area contributed by atoms with Gasteiger partial charge in [0.05, 0.1) is 0 Å². The lowest BCUT2D eigenvalue weighted by Gasteiger charge is -2.07. The third-order valence-corrected chi connectivity index (χ3v) is 1.31. The molecule has 0 heterocycles. The fourth-order valence-electron chi connectivity index (χ4n) is 0.690. The molecule has 3 N–H and O–H groups in total. The van der Waals surface area contributed by atoms with Crippen LogP contribution in [0.1, 0.15) is 13.3 Å². The molecule has 0 saturated carbocycles. The van der Waals surface area contributed by atoms with Gasteiger partial charge in [-0.25, -0.2) is 0 Å². The van der Waals surface area contributed by atoms with Crippen molar-refractivity contribution >= 4 is 11.8 Å². The molecular weight excluding hydrogens is 132 g/mol. The summed E-state index contributed by atoms with van der Waals surface area (Å²) in [5, 5.41) is 2.36. The van der Waals surface area contributed by atoms with E-state index in [9.17, 15) is 9.59 Å². The largest absolute Gasteiger partial charge is 0.369 e. The minimum absolute atomic E-state index is 0.310. The molecule has 0 spiro atoms. The van der Waals surface area contributed by atoms with Gasteiger partial charge in [0.1, 0.15) is 5.92 Å². The highest BCUT2D eigenvalue weighted by Gasteiger charge is 2.19. The number of rotatable bonds is 3. The average molecular weight is 144 g/mol. The first kappa shape index (κ1) is 8.94. The van der Waals surface area contributed by atoms with Crippen molar-refractivity contribution in [2.75, 3.05) is 7.05 Å². The van der Waals surface area contributed by atoms with E-state index in [2.05, 4.69) is 5.32 Å². The Morgan fingerprint density at radius 3 is 2.20 bits per heavy atom. The summed E-state index contributed by atoms with van der Waals surface area (Å²) >= 11 is 0. The van der Waals surface area contributed by atoms with Crippen LogP contribution in [0.4, 0.5) is 0 Å². The number of carbonyl (C=O) groups excluding carboxylic acids is 2. The van der Waals surface area contributed by atoms with Crippen molar-refractivity contribution in [3.63, 3.8) is 0 Å². The maximum Gasteiger partial charge on any atom is 0.232 e. The van der Waals surface area contributed by atoms with Crippen molar-refractivity contribution < 1.29 is 9.59 Å². The van der Waals surface area contributed by atoms with Gasteiger partial charge in [0.25, 0.3) is 0 Å². The van der Waals surface area contributed by atoms with Crippen molar-refractivity contribution in [2.24, 2.45) is 11.7 Å². The van der Waals surface area contributed by atoms with Gasteiger partial charge in [0, 0.05) is 7.05 Å². The summed E-state index contributed by atoms with van der Waals surface area (Å²) in [7, 11) is 1.48. The Hall–Kier alpha value is -1.06. The van der Waals surface area contributed by atoms with Gasteiger partial charge in [-0.05, 0) is 6.42 Å². The summed E-state index contributed by atoms with van der Waals surface area (Å²) in [5.74, 6) is -1.55. The molecule has 0 aromatic heterocycles. The van der Waals surface area contributed by atoms with E-state index in [0.717, 1.165) is 0 Å². The summed E-state index contributed by atoms with van der Waals surface area (Å²) in [6, 6.07) is 0. The number of primary amides is 1. The minimum Gasteiger partial charge on any atom is -0.369 e. The molecule has 0 aromatic carbocycles. The predicted octanol–water partition coefficient (Wildman–Crippen LogP) is -0.756. The first-order chi connectivity index (χ1) is 4.63. The van der Waals surface area contributed by atoms with Gasteiger partial charge < -0.3 is 11.1 Å². The Kier molecular flexibility index (Phi) is 3.46. The average Bonchev–Trinajstić information content (AvgIpc) is 1.88. The summed E-state index contributed by atoms with van der Waals surface area (Å²) < 4.78 is 0. The first-order valence-electron chi connectivity index (χ1n) is 3.14. The van der Waals surface area contributed by atoms with Gasteiger partial charge in [-0.3, -0.25) is 9.59 Å². The standard InChI is InChI=1S/C6H12N2O2/c1-3-4(5(7)9)6(10)8-2/h4H,3H2,1-2H3,(H2,7,9)(H,8,10)/t4-/m0/s1. The number of amides is 2. The molecule has 4 heteroatoms. The topological polar surface area (TPSA) is 72.2 Å². The lowest BCUT2D eigenvalue weighted by atomic mass is 10.1. The van der Waals surface area contributed by atoms with E-state index in [1.54, 1.807) is 6.92 Å². The molecule has 0 radical (unpaired) electrons.